The molecule has 0 aromatic carbocycles. The molecule has 82 valence electrons. The molecule has 0 spiro atoms. The van der Waals surface area contributed by atoms with E-state index in [2.05, 4.69) is 15.3 Å². The number of amides is 1. The van der Waals surface area contributed by atoms with Crippen LogP contribution < -0.4 is 5.43 Å². The summed E-state index contributed by atoms with van der Waals surface area (Å²) in [7, 11) is 4.74. The molecular weight excluding hydrogens is 210 g/mol. The number of hydrogen-bond acceptors (Lipinski definition) is 5. The number of nitrogens with one attached hydrogen (secondary N) is 1. The van der Waals surface area contributed by atoms with Crippen LogP contribution in [0.2, 0.25) is 0 Å². The highest BCUT2D eigenvalue weighted by Crippen LogP contribution is 1.74. The van der Waals surface area contributed by atoms with Crippen molar-refractivity contribution in [3.8, 4) is 0 Å². The van der Waals surface area contributed by atoms with Crippen molar-refractivity contribution < 1.29 is 14.3 Å². The summed E-state index contributed by atoms with van der Waals surface area (Å²) in [6, 6.07) is 0. The van der Waals surface area contributed by atoms with Gasteiger partial charge in [0.05, 0.1) is 13.7 Å². The SMILES string of the molecule is COC(=O)/C=N/NC(=O)CN(C)C.Cl. The largest absolute Gasteiger partial charge is 0.465 e. The number of hydrazone groups is 1. The third kappa shape index (κ3) is 8.95. The van der Waals surface area contributed by atoms with Crippen molar-refractivity contribution in [3.63, 3.8) is 0 Å². The summed E-state index contributed by atoms with van der Waals surface area (Å²) in [5, 5.41) is 3.37. The van der Waals surface area contributed by atoms with Gasteiger partial charge in [0, 0.05) is 0 Å². The Morgan fingerprint density at radius 2 is 2.07 bits per heavy atom. The van der Waals surface area contributed by atoms with E-state index >= 15 is 0 Å². The number of nitrogens with zero attached hydrogens (tertiary/aromatic N) is 2. The van der Waals surface area contributed by atoms with Gasteiger partial charge in [0.2, 0.25) is 0 Å². The van der Waals surface area contributed by atoms with Gasteiger partial charge in [0.25, 0.3) is 5.91 Å². The topological polar surface area (TPSA) is 71.0 Å². The molecule has 0 heterocycles. The van der Waals surface area contributed by atoms with Gasteiger partial charge in [0.15, 0.2) is 0 Å². The van der Waals surface area contributed by atoms with Gasteiger partial charge in [-0.1, -0.05) is 0 Å². The van der Waals surface area contributed by atoms with Crippen molar-refractivity contribution in [1.82, 2.24) is 10.3 Å². The Bertz CT molecular complexity index is 218. The van der Waals surface area contributed by atoms with E-state index in [1.54, 1.807) is 19.0 Å². The second kappa shape index (κ2) is 8.46. The first-order chi connectivity index (χ1) is 6.06. The van der Waals surface area contributed by atoms with Crippen LogP contribution >= 0.6 is 12.4 Å². The lowest BCUT2D eigenvalue weighted by atomic mass is 10.6. The Morgan fingerprint density at radius 3 is 2.50 bits per heavy atom. The van der Waals surface area contributed by atoms with E-state index in [-0.39, 0.29) is 24.9 Å². The molecule has 0 unspecified atom stereocenters. The van der Waals surface area contributed by atoms with Gasteiger partial charge in [-0.15, -0.1) is 12.4 Å². The molecule has 7 heteroatoms. The van der Waals surface area contributed by atoms with Gasteiger partial charge < -0.3 is 9.64 Å². The molecule has 0 aromatic heterocycles. The van der Waals surface area contributed by atoms with Crippen LogP contribution in [0.3, 0.4) is 0 Å². The fourth-order valence-electron chi connectivity index (χ4n) is 0.532. The molecule has 14 heavy (non-hydrogen) atoms. The first-order valence-electron chi connectivity index (χ1n) is 3.61. The summed E-state index contributed by atoms with van der Waals surface area (Å²) in [6.07, 6.45) is 0.896. The molecule has 0 fully saturated rings. The van der Waals surface area contributed by atoms with E-state index < -0.39 is 5.97 Å². The zero-order valence-corrected chi connectivity index (χ0v) is 9.13. The molecule has 0 atom stereocenters. The van der Waals surface area contributed by atoms with Crippen LogP contribution in [-0.4, -0.2) is 50.7 Å². The Labute approximate surface area is 88.7 Å². The third-order valence-electron chi connectivity index (χ3n) is 1.02. The number of hydrogen-bond donors (Lipinski definition) is 1. The number of carbonyl (C=O) groups excluding carboxylic acids is 2. The van der Waals surface area contributed by atoms with Gasteiger partial charge in [-0.3, -0.25) is 4.79 Å². The zero-order valence-electron chi connectivity index (χ0n) is 8.31. The predicted molar refractivity (Wildman–Crippen MR) is 54.5 cm³/mol. The van der Waals surface area contributed by atoms with E-state index in [1.165, 1.54) is 7.11 Å². The lowest BCUT2D eigenvalue weighted by molar-refractivity contribution is -0.132. The zero-order chi connectivity index (χ0) is 10.3. The van der Waals surface area contributed by atoms with Gasteiger partial charge in [-0.25, -0.2) is 10.2 Å². The monoisotopic (exact) mass is 223 g/mol. The Balaban J connectivity index is 0. The number of halogens is 1. The lowest BCUT2D eigenvalue weighted by Crippen LogP contribution is -2.30. The second-order valence-corrected chi connectivity index (χ2v) is 2.55. The predicted octanol–water partition coefficient (Wildman–Crippen LogP) is -0.755. The van der Waals surface area contributed by atoms with E-state index in [0.29, 0.717) is 0 Å². The summed E-state index contributed by atoms with van der Waals surface area (Å²) in [6.45, 7) is 0.221. The van der Waals surface area contributed by atoms with Crippen molar-refractivity contribution in [1.29, 1.82) is 0 Å². The smallest absolute Gasteiger partial charge is 0.350 e. The van der Waals surface area contributed by atoms with Gasteiger partial charge in [0.1, 0.15) is 6.21 Å². The molecule has 6 nitrogen and oxygen atoms in total. The summed E-state index contributed by atoms with van der Waals surface area (Å²) in [5.41, 5.74) is 2.17. The fourth-order valence-corrected chi connectivity index (χ4v) is 0.532. The molecule has 0 rings (SSSR count). The third-order valence-corrected chi connectivity index (χ3v) is 1.02. The number of esters is 1. The fraction of sp³-hybridized carbons (Fsp3) is 0.571. The van der Waals surface area contributed by atoms with Gasteiger partial charge >= 0.3 is 5.97 Å². The van der Waals surface area contributed by atoms with Crippen molar-refractivity contribution in [3.05, 3.63) is 0 Å². The molecule has 1 amide bonds. The minimum atomic E-state index is -0.606. The minimum absolute atomic E-state index is 0. The standard InChI is InChI=1S/C7H13N3O3.ClH/c1-10(2)5-6(11)9-8-4-7(12)13-3;/h4H,5H2,1-3H3,(H,9,11);1H/b8-4+;. The first-order valence-corrected chi connectivity index (χ1v) is 3.61. The average Bonchev–Trinajstić information content (AvgIpc) is 2.02. The molecule has 0 aliphatic heterocycles. The maximum atomic E-state index is 10.9. The Hall–Kier alpha value is -1.14. The highest BCUT2D eigenvalue weighted by Gasteiger charge is 2.00. The minimum Gasteiger partial charge on any atom is -0.465 e. The number of likely N-dealkylation sites (N-methyl/N-ethyl adjacent to an activating group) is 1. The maximum absolute atomic E-state index is 10.9. The summed E-state index contributed by atoms with van der Waals surface area (Å²) < 4.78 is 4.26. The highest BCUT2D eigenvalue weighted by atomic mass is 35.5. The van der Waals surface area contributed by atoms with E-state index in [0.717, 1.165) is 6.21 Å². The molecular formula is C7H14ClN3O3. The molecule has 0 aromatic rings. The average molecular weight is 224 g/mol. The molecule has 0 aliphatic rings. The van der Waals surface area contributed by atoms with Crippen LogP contribution in [0.15, 0.2) is 5.10 Å². The summed E-state index contributed by atoms with van der Waals surface area (Å²) in [5.74, 6) is -0.893. The molecule has 1 N–H and O–H groups in total. The van der Waals surface area contributed by atoms with Crippen LogP contribution in [0.5, 0.6) is 0 Å². The number of methoxy groups -OCH3 is 1. The van der Waals surface area contributed by atoms with Crippen LogP contribution in [0.25, 0.3) is 0 Å². The summed E-state index contributed by atoms with van der Waals surface area (Å²) >= 11 is 0. The van der Waals surface area contributed by atoms with Crippen molar-refractivity contribution in [2.75, 3.05) is 27.7 Å². The molecule has 0 saturated heterocycles. The van der Waals surface area contributed by atoms with Crippen molar-refractivity contribution in [2.45, 2.75) is 0 Å². The van der Waals surface area contributed by atoms with Gasteiger partial charge in [-0.2, -0.15) is 5.10 Å². The van der Waals surface area contributed by atoms with Crippen LogP contribution in [-0.2, 0) is 14.3 Å². The lowest BCUT2D eigenvalue weighted by Gasteiger charge is -2.06. The second-order valence-electron chi connectivity index (χ2n) is 2.55. The molecule has 0 saturated carbocycles. The summed E-state index contributed by atoms with van der Waals surface area (Å²) in [4.78, 5) is 23.1. The van der Waals surface area contributed by atoms with E-state index in [9.17, 15) is 9.59 Å². The maximum Gasteiger partial charge on any atom is 0.350 e. The molecule has 0 radical (unpaired) electrons. The highest BCUT2D eigenvalue weighted by molar-refractivity contribution is 6.23. The van der Waals surface area contributed by atoms with Gasteiger partial charge in [-0.05, 0) is 14.1 Å². The van der Waals surface area contributed by atoms with E-state index in [1.807, 2.05) is 0 Å². The number of ether oxygens (including phenoxy) is 1. The van der Waals surface area contributed by atoms with Crippen LogP contribution in [0.4, 0.5) is 0 Å². The Kier molecular flexibility index (Phi) is 9.27. The number of rotatable bonds is 4. The van der Waals surface area contributed by atoms with Crippen LogP contribution in [0, 0.1) is 0 Å². The molecule has 0 bridgehead atoms. The van der Waals surface area contributed by atoms with Crippen molar-refractivity contribution >= 4 is 30.5 Å². The molecule has 0 aliphatic carbocycles. The van der Waals surface area contributed by atoms with Crippen LogP contribution in [0.1, 0.15) is 0 Å². The van der Waals surface area contributed by atoms with Crippen molar-refractivity contribution in [2.24, 2.45) is 5.10 Å². The normalized spacial score (nSPS) is 9.71. The van der Waals surface area contributed by atoms with E-state index in [4.69, 9.17) is 0 Å². The quantitative estimate of drug-likeness (QED) is 0.387. The Morgan fingerprint density at radius 1 is 1.50 bits per heavy atom. The first kappa shape index (κ1) is 15.3. The number of carbonyl (C=O) groups is 2.